The number of nitrogens with zero attached hydrogens (tertiary/aromatic N) is 1. The van der Waals surface area contributed by atoms with E-state index in [9.17, 15) is 8.78 Å². The molecular formula is C12H11ClF2N2OS. The zero-order chi connectivity index (χ0) is 13.7. The Labute approximate surface area is 118 Å². The second-order valence-corrected chi connectivity index (χ2v) is 4.97. The summed E-state index contributed by atoms with van der Waals surface area (Å²) in [5.74, 6) is -1.05. The average Bonchev–Trinajstić information content (AvgIpc) is 2.83. The van der Waals surface area contributed by atoms with Gasteiger partial charge in [0.1, 0.15) is 11.5 Å². The first-order valence-electron chi connectivity index (χ1n) is 5.47. The van der Waals surface area contributed by atoms with E-state index < -0.39 is 5.76 Å². The predicted octanol–water partition coefficient (Wildman–Crippen LogP) is 4.40. The fraction of sp³-hybridized carbons (Fsp3) is 0.250. The van der Waals surface area contributed by atoms with E-state index in [1.807, 2.05) is 0 Å². The van der Waals surface area contributed by atoms with E-state index in [0.717, 1.165) is 0 Å². The van der Waals surface area contributed by atoms with Crippen LogP contribution in [0.2, 0.25) is 5.15 Å². The van der Waals surface area contributed by atoms with Gasteiger partial charge in [0, 0.05) is 6.20 Å². The Morgan fingerprint density at radius 2 is 2.11 bits per heavy atom. The van der Waals surface area contributed by atoms with Gasteiger partial charge in [0.15, 0.2) is 5.15 Å². The lowest BCUT2D eigenvalue weighted by Crippen LogP contribution is -1.99. The lowest BCUT2D eigenvalue weighted by Gasteiger charge is -2.05. The first-order chi connectivity index (χ1) is 9.15. The summed E-state index contributed by atoms with van der Waals surface area (Å²) in [7, 11) is 0. The largest absolute Gasteiger partial charge is 0.463 e. The predicted molar refractivity (Wildman–Crippen MR) is 72.6 cm³/mol. The summed E-state index contributed by atoms with van der Waals surface area (Å²) < 4.78 is 29.5. The standard InChI is InChI=1S/C12H11ClF2N2OS/c13-11-10(2-1-5-16-11)17-6-8-3-4-9(18-8)7-19-12(14)15/h1-5,12,17H,6-7H2. The lowest BCUT2D eigenvalue weighted by molar-refractivity contribution is 0.251. The highest BCUT2D eigenvalue weighted by atomic mass is 35.5. The maximum absolute atomic E-state index is 12.0. The van der Waals surface area contributed by atoms with Crippen molar-refractivity contribution in [2.24, 2.45) is 0 Å². The molecular weight excluding hydrogens is 294 g/mol. The van der Waals surface area contributed by atoms with E-state index >= 15 is 0 Å². The number of halogens is 3. The quantitative estimate of drug-likeness (QED) is 0.803. The van der Waals surface area contributed by atoms with Crippen molar-refractivity contribution in [1.29, 1.82) is 0 Å². The van der Waals surface area contributed by atoms with E-state index in [-0.39, 0.29) is 5.75 Å². The van der Waals surface area contributed by atoms with Crippen LogP contribution in [0.25, 0.3) is 0 Å². The van der Waals surface area contributed by atoms with Crippen LogP contribution < -0.4 is 5.32 Å². The Bertz CT molecular complexity index is 536. The van der Waals surface area contributed by atoms with Crippen molar-refractivity contribution in [3.8, 4) is 0 Å². The summed E-state index contributed by atoms with van der Waals surface area (Å²) in [5.41, 5.74) is 0.698. The first-order valence-corrected chi connectivity index (χ1v) is 6.89. The molecule has 0 fully saturated rings. The summed E-state index contributed by atoms with van der Waals surface area (Å²) in [6.45, 7) is 0.421. The highest BCUT2D eigenvalue weighted by Crippen LogP contribution is 2.22. The molecule has 7 heteroatoms. The highest BCUT2D eigenvalue weighted by molar-refractivity contribution is 7.98. The van der Waals surface area contributed by atoms with Crippen molar-refractivity contribution in [3.63, 3.8) is 0 Å². The van der Waals surface area contributed by atoms with Gasteiger partial charge in [-0.1, -0.05) is 23.4 Å². The highest BCUT2D eigenvalue weighted by Gasteiger charge is 2.07. The fourth-order valence-corrected chi connectivity index (χ4v) is 2.07. The van der Waals surface area contributed by atoms with Crippen molar-refractivity contribution >= 4 is 29.1 Å². The molecule has 1 N–H and O–H groups in total. The number of aromatic nitrogens is 1. The molecule has 2 heterocycles. The molecule has 0 aliphatic rings. The maximum atomic E-state index is 12.0. The SMILES string of the molecule is FC(F)SCc1ccc(CNc2cccnc2Cl)o1. The van der Waals surface area contributed by atoms with E-state index in [1.165, 1.54) is 0 Å². The molecule has 0 bridgehead atoms. The summed E-state index contributed by atoms with van der Waals surface area (Å²) in [6.07, 6.45) is 1.60. The molecule has 2 rings (SSSR count). The number of pyridine rings is 1. The monoisotopic (exact) mass is 304 g/mol. The van der Waals surface area contributed by atoms with Crippen LogP contribution in [0.5, 0.6) is 0 Å². The molecule has 0 spiro atoms. The van der Waals surface area contributed by atoms with Gasteiger partial charge in [-0.25, -0.2) is 4.98 Å². The maximum Gasteiger partial charge on any atom is 0.284 e. The van der Waals surface area contributed by atoms with Crippen LogP contribution in [0.1, 0.15) is 11.5 Å². The van der Waals surface area contributed by atoms with Crippen LogP contribution in [-0.2, 0) is 12.3 Å². The lowest BCUT2D eigenvalue weighted by atomic mass is 10.4. The number of thioether (sulfide) groups is 1. The summed E-state index contributed by atoms with van der Waals surface area (Å²) in [6, 6.07) is 7.00. The second-order valence-electron chi connectivity index (χ2n) is 3.64. The zero-order valence-corrected chi connectivity index (χ0v) is 11.3. The number of rotatable bonds is 6. The number of anilines is 1. The Kier molecular flexibility index (Phi) is 5.04. The van der Waals surface area contributed by atoms with Gasteiger partial charge in [-0.15, -0.1) is 0 Å². The van der Waals surface area contributed by atoms with Gasteiger partial charge in [-0.2, -0.15) is 8.78 Å². The minimum atomic E-state index is -2.39. The van der Waals surface area contributed by atoms with Crippen molar-refractivity contribution in [2.45, 2.75) is 18.1 Å². The van der Waals surface area contributed by atoms with E-state index in [0.29, 0.717) is 40.7 Å². The van der Waals surface area contributed by atoms with Crippen molar-refractivity contribution in [2.75, 3.05) is 5.32 Å². The van der Waals surface area contributed by atoms with Crippen LogP contribution in [0.3, 0.4) is 0 Å². The molecule has 3 nitrogen and oxygen atoms in total. The number of alkyl halides is 2. The molecule has 0 unspecified atom stereocenters. The number of furan rings is 1. The third-order valence-corrected chi connectivity index (χ3v) is 3.29. The van der Waals surface area contributed by atoms with Gasteiger partial charge in [-0.3, -0.25) is 0 Å². The molecule has 19 heavy (non-hydrogen) atoms. The van der Waals surface area contributed by atoms with Crippen molar-refractivity contribution in [3.05, 3.63) is 47.1 Å². The Hall–Kier alpha value is -1.27. The third kappa shape index (κ3) is 4.40. The number of hydrogen-bond acceptors (Lipinski definition) is 4. The zero-order valence-electron chi connectivity index (χ0n) is 9.78. The molecule has 0 saturated heterocycles. The fourth-order valence-electron chi connectivity index (χ4n) is 1.44. The molecule has 0 aromatic carbocycles. The Morgan fingerprint density at radius 1 is 1.32 bits per heavy atom. The normalized spacial score (nSPS) is 10.9. The molecule has 0 saturated carbocycles. The van der Waals surface area contributed by atoms with Gasteiger partial charge in [0.25, 0.3) is 5.76 Å². The summed E-state index contributed by atoms with van der Waals surface area (Å²) >= 11 is 6.43. The number of nitrogens with one attached hydrogen (secondary N) is 1. The van der Waals surface area contributed by atoms with Gasteiger partial charge in [-0.05, 0) is 24.3 Å². The van der Waals surface area contributed by atoms with Gasteiger partial charge in [0.2, 0.25) is 0 Å². The van der Waals surface area contributed by atoms with E-state index in [2.05, 4.69) is 10.3 Å². The Balaban J connectivity index is 1.88. The molecule has 102 valence electrons. The van der Waals surface area contributed by atoms with Crippen molar-refractivity contribution in [1.82, 2.24) is 4.98 Å². The molecule has 0 radical (unpaired) electrons. The molecule has 2 aromatic rings. The van der Waals surface area contributed by atoms with Crippen LogP contribution in [0, 0.1) is 0 Å². The minimum Gasteiger partial charge on any atom is -0.463 e. The van der Waals surface area contributed by atoms with Gasteiger partial charge >= 0.3 is 0 Å². The van der Waals surface area contributed by atoms with Crippen LogP contribution in [0.15, 0.2) is 34.9 Å². The van der Waals surface area contributed by atoms with Crippen LogP contribution >= 0.6 is 23.4 Å². The third-order valence-electron chi connectivity index (χ3n) is 2.28. The Morgan fingerprint density at radius 3 is 2.84 bits per heavy atom. The topological polar surface area (TPSA) is 38.1 Å². The molecule has 2 aromatic heterocycles. The van der Waals surface area contributed by atoms with Crippen LogP contribution in [-0.4, -0.2) is 10.7 Å². The smallest absolute Gasteiger partial charge is 0.284 e. The van der Waals surface area contributed by atoms with E-state index in [4.69, 9.17) is 16.0 Å². The summed E-state index contributed by atoms with van der Waals surface area (Å²) in [5, 5.41) is 3.44. The van der Waals surface area contributed by atoms with Crippen molar-refractivity contribution < 1.29 is 13.2 Å². The molecule has 0 amide bonds. The molecule has 0 atom stereocenters. The van der Waals surface area contributed by atoms with Crippen LogP contribution in [0.4, 0.5) is 14.5 Å². The second kappa shape index (κ2) is 6.77. The van der Waals surface area contributed by atoms with E-state index in [1.54, 1.807) is 30.5 Å². The summed E-state index contributed by atoms with van der Waals surface area (Å²) in [4.78, 5) is 3.93. The molecule has 0 aliphatic carbocycles. The average molecular weight is 305 g/mol. The first kappa shape index (κ1) is 14.1. The minimum absolute atomic E-state index is 0.158. The molecule has 0 aliphatic heterocycles. The number of hydrogen-bond donors (Lipinski definition) is 1. The van der Waals surface area contributed by atoms with Gasteiger partial charge in [0.05, 0.1) is 18.0 Å². The van der Waals surface area contributed by atoms with Gasteiger partial charge < -0.3 is 9.73 Å².